The van der Waals surface area contributed by atoms with E-state index in [9.17, 15) is 0 Å². The lowest BCUT2D eigenvalue weighted by atomic mass is 9.90. The van der Waals surface area contributed by atoms with Crippen LogP contribution in [0, 0.1) is 6.92 Å². The summed E-state index contributed by atoms with van der Waals surface area (Å²) < 4.78 is 0. The summed E-state index contributed by atoms with van der Waals surface area (Å²) in [7, 11) is 0. The average Bonchev–Trinajstić information content (AvgIpc) is 3.11. The minimum absolute atomic E-state index is 0.169. The van der Waals surface area contributed by atoms with Crippen molar-refractivity contribution in [3.05, 3.63) is 47.5 Å². The van der Waals surface area contributed by atoms with Crippen LogP contribution in [0.2, 0.25) is 0 Å². The minimum Gasteiger partial charge on any atom is -0.304 e. The monoisotopic (exact) mass is 227 g/mol. The van der Waals surface area contributed by atoms with Crippen molar-refractivity contribution in [1.82, 2.24) is 0 Å². The van der Waals surface area contributed by atoms with Crippen molar-refractivity contribution in [3.63, 3.8) is 0 Å². The molecule has 1 aliphatic rings. The maximum Gasteiger partial charge on any atom is 0.0776 e. The van der Waals surface area contributed by atoms with Crippen LogP contribution in [0.25, 0.3) is 10.8 Å². The summed E-state index contributed by atoms with van der Waals surface area (Å²) in [6.45, 7) is 2.78. The molecule has 1 saturated carbocycles. The maximum absolute atomic E-state index is 5.27. The van der Waals surface area contributed by atoms with Crippen LogP contribution in [0.5, 0.6) is 0 Å². The van der Waals surface area contributed by atoms with Crippen LogP contribution in [0.4, 0.5) is 0 Å². The van der Waals surface area contributed by atoms with Crippen molar-refractivity contribution >= 4 is 10.8 Å². The van der Waals surface area contributed by atoms with Crippen LogP contribution in [-0.4, -0.2) is 6.61 Å². The van der Waals surface area contributed by atoms with E-state index in [4.69, 9.17) is 10.7 Å². The number of rotatable bonds is 3. The Hall–Kier alpha value is -1.38. The molecule has 0 unspecified atom stereocenters. The van der Waals surface area contributed by atoms with Crippen LogP contribution in [0.1, 0.15) is 24.0 Å². The normalized spacial score (nSPS) is 17.3. The van der Waals surface area contributed by atoms with Gasteiger partial charge < -0.3 is 4.84 Å². The molecule has 0 spiro atoms. The largest absolute Gasteiger partial charge is 0.304 e. The highest BCUT2D eigenvalue weighted by atomic mass is 16.6. The molecule has 0 atom stereocenters. The predicted molar refractivity (Wildman–Crippen MR) is 69.7 cm³/mol. The van der Waals surface area contributed by atoms with Gasteiger partial charge in [0.1, 0.15) is 0 Å². The summed E-state index contributed by atoms with van der Waals surface area (Å²) in [5, 5.41) is 2.69. The lowest BCUT2D eigenvalue weighted by Crippen LogP contribution is -2.18. The fraction of sp³-hybridized carbons (Fsp3) is 0.333. The van der Waals surface area contributed by atoms with E-state index in [0.29, 0.717) is 6.61 Å². The van der Waals surface area contributed by atoms with Crippen LogP contribution in [0.3, 0.4) is 0 Å². The van der Waals surface area contributed by atoms with Gasteiger partial charge in [-0.1, -0.05) is 36.4 Å². The van der Waals surface area contributed by atoms with E-state index in [1.54, 1.807) is 0 Å². The topological polar surface area (TPSA) is 35.2 Å². The third-order valence-corrected chi connectivity index (χ3v) is 3.93. The second-order valence-electron chi connectivity index (χ2n) is 5.07. The van der Waals surface area contributed by atoms with E-state index < -0.39 is 0 Å². The van der Waals surface area contributed by atoms with Crippen molar-refractivity contribution in [3.8, 4) is 0 Å². The van der Waals surface area contributed by atoms with E-state index in [1.807, 2.05) is 0 Å². The van der Waals surface area contributed by atoms with Gasteiger partial charge in [0.25, 0.3) is 0 Å². The zero-order valence-corrected chi connectivity index (χ0v) is 10.1. The molecule has 2 aromatic rings. The van der Waals surface area contributed by atoms with Gasteiger partial charge in [-0.25, -0.2) is 5.90 Å². The highest BCUT2D eigenvalue weighted by Gasteiger charge is 2.45. The molecule has 2 nitrogen and oxygen atoms in total. The molecule has 2 N–H and O–H groups in total. The Morgan fingerprint density at radius 2 is 1.82 bits per heavy atom. The Bertz CT molecular complexity index is 558. The molecule has 0 bridgehead atoms. The van der Waals surface area contributed by atoms with Crippen LogP contribution in [0.15, 0.2) is 36.4 Å². The van der Waals surface area contributed by atoms with Crippen LogP contribution in [-0.2, 0) is 10.3 Å². The molecule has 17 heavy (non-hydrogen) atoms. The van der Waals surface area contributed by atoms with E-state index in [0.717, 1.165) is 0 Å². The summed E-state index contributed by atoms with van der Waals surface area (Å²) in [4.78, 5) is 4.90. The molecule has 0 aromatic heterocycles. The first kappa shape index (κ1) is 10.8. The van der Waals surface area contributed by atoms with Crippen LogP contribution < -0.4 is 5.90 Å². The highest BCUT2D eigenvalue weighted by molar-refractivity contribution is 5.89. The molecule has 0 aliphatic heterocycles. The molecule has 2 aromatic carbocycles. The van der Waals surface area contributed by atoms with Crippen LogP contribution >= 0.6 is 0 Å². The third-order valence-electron chi connectivity index (χ3n) is 3.93. The third kappa shape index (κ3) is 1.65. The van der Waals surface area contributed by atoms with Crippen molar-refractivity contribution in [2.24, 2.45) is 5.90 Å². The summed E-state index contributed by atoms with van der Waals surface area (Å²) in [6.07, 6.45) is 2.36. The van der Waals surface area contributed by atoms with Gasteiger partial charge in [0, 0.05) is 5.41 Å². The summed E-state index contributed by atoms with van der Waals surface area (Å²) in [5.41, 5.74) is 2.89. The lowest BCUT2D eigenvalue weighted by molar-refractivity contribution is 0.116. The van der Waals surface area contributed by atoms with Crippen molar-refractivity contribution in [1.29, 1.82) is 0 Å². The summed E-state index contributed by atoms with van der Waals surface area (Å²) in [5.74, 6) is 5.27. The Kier molecular flexibility index (Phi) is 2.42. The zero-order chi connectivity index (χ0) is 11.9. The molecule has 2 heteroatoms. The maximum atomic E-state index is 5.27. The van der Waals surface area contributed by atoms with Gasteiger partial charge in [0.2, 0.25) is 0 Å². The second-order valence-corrected chi connectivity index (χ2v) is 5.07. The number of fused-ring (bicyclic) bond motifs is 1. The number of aryl methyl sites for hydroxylation is 1. The number of hydrogen-bond acceptors (Lipinski definition) is 2. The van der Waals surface area contributed by atoms with E-state index >= 15 is 0 Å². The first-order valence-corrected chi connectivity index (χ1v) is 6.07. The summed E-state index contributed by atoms with van der Waals surface area (Å²) in [6, 6.07) is 13.0. The van der Waals surface area contributed by atoms with Gasteiger partial charge >= 0.3 is 0 Å². The average molecular weight is 227 g/mol. The lowest BCUT2D eigenvalue weighted by Gasteiger charge is -2.17. The van der Waals surface area contributed by atoms with Crippen molar-refractivity contribution in [2.45, 2.75) is 25.2 Å². The molecule has 0 amide bonds. The predicted octanol–water partition coefficient (Wildman–Crippen LogP) is 3.07. The fourth-order valence-corrected chi connectivity index (χ4v) is 2.71. The van der Waals surface area contributed by atoms with Gasteiger partial charge in [-0.2, -0.15) is 0 Å². The molecule has 0 heterocycles. The SMILES string of the molecule is Cc1ccc(C2(CON)CC2)c2ccccc12. The Morgan fingerprint density at radius 3 is 2.47 bits per heavy atom. The minimum atomic E-state index is 0.169. The van der Waals surface area contributed by atoms with Gasteiger partial charge in [-0.05, 0) is 41.7 Å². The quantitative estimate of drug-likeness (QED) is 0.818. The van der Waals surface area contributed by atoms with E-state index in [2.05, 4.69) is 43.3 Å². The van der Waals surface area contributed by atoms with Gasteiger partial charge in [-0.3, -0.25) is 0 Å². The zero-order valence-electron chi connectivity index (χ0n) is 10.1. The first-order chi connectivity index (χ1) is 8.27. The highest BCUT2D eigenvalue weighted by Crippen LogP contribution is 2.50. The summed E-state index contributed by atoms with van der Waals surface area (Å²) >= 11 is 0. The number of hydrogen-bond donors (Lipinski definition) is 1. The smallest absolute Gasteiger partial charge is 0.0776 e. The molecule has 0 saturated heterocycles. The van der Waals surface area contributed by atoms with Gasteiger partial charge in [0.05, 0.1) is 6.61 Å². The van der Waals surface area contributed by atoms with Crippen molar-refractivity contribution in [2.75, 3.05) is 6.61 Å². The van der Waals surface area contributed by atoms with E-state index in [1.165, 1.54) is 34.7 Å². The first-order valence-electron chi connectivity index (χ1n) is 6.07. The molecule has 1 aliphatic carbocycles. The van der Waals surface area contributed by atoms with Gasteiger partial charge in [-0.15, -0.1) is 0 Å². The number of benzene rings is 2. The Morgan fingerprint density at radius 1 is 1.12 bits per heavy atom. The molecule has 0 radical (unpaired) electrons. The molecular formula is C15H17NO. The second kappa shape index (κ2) is 3.83. The Labute approximate surface area is 101 Å². The molecule has 1 fully saturated rings. The number of nitrogens with two attached hydrogens (primary N) is 1. The molecule has 3 rings (SSSR count). The molecular weight excluding hydrogens is 210 g/mol. The van der Waals surface area contributed by atoms with E-state index in [-0.39, 0.29) is 5.41 Å². The van der Waals surface area contributed by atoms with Crippen molar-refractivity contribution < 1.29 is 4.84 Å². The fourth-order valence-electron chi connectivity index (χ4n) is 2.71. The standard InChI is InChI=1S/C15H17NO/c1-11-6-7-14(15(8-9-15)10-17-16)13-5-3-2-4-12(11)13/h2-7H,8-10,16H2,1H3. The molecule has 88 valence electrons. The Balaban J connectivity index is 2.21. The van der Waals surface area contributed by atoms with Gasteiger partial charge in [0.15, 0.2) is 0 Å².